The van der Waals surface area contributed by atoms with E-state index < -0.39 is 0 Å². The van der Waals surface area contributed by atoms with Gasteiger partial charge in [-0.05, 0) is 18.2 Å². The molecule has 0 amide bonds. The Balaban J connectivity index is 1.98. The van der Waals surface area contributed by atoms with E-state index in [2.05, 4.69) is 9.97 Å². The van der Waals surface area contributed by atoms with Crippen LogP contribution in [0.25, 0.3) is 33.3 Å². The molecule has 2 heterocycles. The topological polar surface area (TPSA) is 77.4 Å². The van der Waals surface area contributed by atoms with Gasteiger partial charge in [0, 0.05) is 23.8 Å². The second-order valence-electron chi connectivity index (χ2n) is 5.31. The lowest BCUT2D eigenvalue weighted by atomic mass is 10.1. The van der Waals surface area contributed by atoms with E-state index in [1.165, 1.54) is 13.2 Å². The maximum absolute atomic E-state index is 12.6. The first-order valence-corrected chi connectivity index (χ1v) is 7.33. The average Bonchev–Trinajstić information content (AvgIpc) is 3.08. The summed E-state index contributed by atoms with van der Waals surface area (Å²) < 4.78 is 16.5. The normalized spacial score (nSPS) is 11.1. The summed E-state index contributed by atoms with van der Waals surface area (Å²) in [7, 11) is 3.06. The molecule has 1 N–H and O–H groups in total. The van der Waals surface area contributed by atoms with Crippen LogP contribution in [0.2, 0.25) is 0 Å². The lowest BCUT2D eigenvalue weighted by molar-refractivity contribution is 0.396. The highest BCUT2D eigenvalue weighted by Crippen LogP contribution is 2.32. The van der Waals surface area contributed by atoms with Crippen LogP contribution < -0.4 is 14.9 Å². The molecular weight excluding hydrogens is 308 g/mol. The Morgan fingerprint density at radius 1 is 1.08 bits per heavy atom. The van der Waals surface area contributed by atoms with Crippen LogP contribution in [-0.4, -0.2) is 24.2 Å². The number of aromatic amines is 1. The smallest absolute Gasteiger partial charge is 0.197 e. The fourth-order valence-electron chi connectivity index (χ4n) is 2.74. The molecule has 0 saturated heterocycles. The first kappa shape index (κ1) is 14.3. The first-order chi connectivity index (χ1) is 11.7. The number of methoxy groups -OCH3 is 2. The lowest BCUT2D eigenvalue weighted by Crippen LogP contribution is -2.03. The lowest BCUT2D eigenvalue weighted by Gasteiger charge is -2.09. The molecule has 0 bridgehead atoms. The van der Waals surface area contributed by atoms with Crippen molar-refractivity contribution in [3.05, 3.63) is 52.9 Å². The van der Waals surface area contributed by atoms with Gasteiger partial charge in [-0.1, -0.05) is 0 Å². The van der Waals surface area contributed by atoms with Gasteiger partial charge in [0.2, 0.25) is 0 Å². The number of hydrogen-bond acceptors (Lipinski definition) is 5. The number of benzene rings is 2. The van der Waals surface area contributed by atoms with Crippen LogP contribution in [0.3, 0.4) is 0 Å². The van der Waals surface area contributed by atoms with Gasteiger partial charge in [-0.3, -0.25) is 4.79 Å². The molecule has 0 saturated carbocycles. The number of nitrogens with zero attached hydrogens (tertiary/aromatic N) is 1. The van der Waals surface area contributed by atoms with Gasteiger partial charge in [-0.15, -0.1) is 0 Å². The zero-order chi connectivity index (χ0) is 16.7. The Kier molecular flexibility index (Phi) is 3.23. The summed E-state index contributed by atoms with van der Waals surface area (Å²) in [6, 6.07) is 10.4. The van der Waals surface area contributed by atoms with Crippen LogP contribution in [0.4, 0.5) is 0 Å². The van der Waals surface area contributed by atoms with Gasteiger partial charge < -0.3 is 18.9 Å². The molecule has 2 aromatic carbocycles. The second kappa shape index (κ2) is 5.42. The molecular formula is C18H14N2O4. The molecule has 0 radical (unpaired) electrons. The van der Waals surface area contributed by atoms with Crippen molar-refractivity contribution in [2.24, 2.45) is 0 Å². The molecule has 0 fully saturated rings. The van der Waals surface area contributed by atoms with Crippen molar-refractivity contribution < 1.29 is 13.9 Å². The van der Waals surface area contributed by atoms with Crippen LogP contribution in [0, 0.1) is 0 Å². The molecule has 0 unspecified atom stereocenters. The minimum atomic E-state index is -0.171. The monoisotopic (exact) mass is 322 g/mol. The van der Waals surface area contributed by atoms with Crippen LogP contribution in [0.5, 0.6) is 11.5 Å². The van der Waals surface area contributed by atoms with Crippen molar-refractivity contribution in [3.8, 4) is 22.8 Å². The Bertz CT molecular complexity index is 1110. The Labute approximate surface area is 136 Å². The SMILES string of the molecule is COc1cc(OC)c2c(=O)cc(-c3ccc4nc[nH]c4c3)oc2c1. The third-order valence-electron chi connectivity index (χ3n) is 3.93. The van der Waals surface area contributed by atoms with E-state index in [9.17, 15) is 4.79 Å². The van der Waals surface area contributed by atoms with E-state index in [1.54, 1.807) is 25.6 Å². The fraction of sp³-hybridized carbons (Fsp3) is 0.111. The molecule has 24 heavy (non-hydrogen) atoms. The molecule has 0 spiro atoms. The number of ether oxygens (including phenoxy) is 2. The van der Waals surface area contributed by atoms with Gasteiger partial charge >= 0.3 is 0 Å². The number of hydrogen-bond donors (Lipinski definition) is 1. The summed E-state index contributed by atoms with van der Waals surface area (Å²) in [5.41, 5.74) is 2.75. The largest absolute Gasteiger partial charge is 0.496 e. The summed E-state index contributed by atoms with van der Waals surface area (Å²) >= 11 is 0. The van der Waals surface area contributed by atoms with E-state index >= 15 is 0 Å². The predicted molar refractivity (Wildman–Crippen MR) is 90.7 cm³/mol. The minimum absolute atomic E-state index is 0.171. The fourth-order valence-corrected chi connectivity index (χ4v) is 2.74. The molecule has 2 aromatic heterocycles. The van der Waals surface area contributed by atoms with Crippen LogP contribution in [0.15, 0.2) is 51.9 Å². The van der Waals surface area contributed by atoms with Gasteiger partial charge in [-0.25, -0.2) is 4.98 Å². The molecule has 0 atom stereocenters. The molecule has 0 aliphatic rings. The number of aromatic nitrogens is 2. The second-order valence-corrected chi connectivity index (χ2v) is 5.31. The first-order valence-electron chi connectivity index (χ1n) is 7.33. The molecule has 0 aliphatic heterocycles. The third kappa shape index (κ3) is 2.20. The van der Waals surface area contributed by atoms with Crippen LogP contribution >= 0.6 is 0 Å². The van der Waals surface area contributed by atoms with Crippen molar-refractivity contribution in [3.63, 3.8) is 0 Å². The summed E-state index contributed by atoms with van der Waals surface area (Å²) in [5.74, 6) is 1.46. The number of nitrogens with one attached hydrogen (secondary N) is 1. The van der Waals surface area contributed by atoms with Gasteiger partial charge in [0.1, 0.15) is 28.2 Å². The van der Waals surface area contributed by atoms with Gasteiger partial charge in [0.15, 0.2) is 5.43 Å². The van der Waals surface area contributed by atoms with E-state index in [0.29, 0.717) is 28.2 Å². The summed E-state index contributed by atoms with van der Waals surface area (Å²) in [6.07, 6.45) is 1.63. The minimum Gasteiger partial charge on any atom is -0.496 e. The number of H-pyrrole nitrogens is 1. The van der Waals surface area contributed by atoms with Crippen LogP contribution in [0.1, 0.15) is 0 Å². The zero-order valence-electron chi connectivity index (χ0n) is 13.1. The van der Waals surface area contributed by atoms with Crippen molar-refractivity contribution in [1.82, 2.24) is 9.97 Å². The standard InChI is InChI=1S/C18H14N2O4/c1-22-11-6-16(23-2)18-14(21)8-15(24-17(18)7-11)10-3-4-12-13(5-10)20-9-19-12/h3-9H,1-2H3,(H,19,20). The highest BCUT2D eigenvalue weighted by Gasteiger charge is 2.14. The molecule has 6 heteroatoms. The molecule has 4 rings (SSSR count). The van der Waals surface area contributed by atoms with Gasteiger partial charge in [-0.2, -0.15) is 0 Å². The molecule has 4 aromatic rings. The van der Waals surface area contributed by atoms with Gasteiger partial charge in [0.25, 0.3) is 0 Å². The van der Waals surface area contributed by atoms with Crippen molar-refractivity contribution in [1.29, 1.82) is 0 Å². The molecule has 0 aliphatic carbocycles. The van der Waals surface area contributed by atoms with Crippen molar-refractivity contribution in [2.75, 3.05) is 14.2 Å². The predicted octanol–water partition coefficient (Wildman–Crippen LogP) is 3.35. The zero-order valence-corrected chi connectivity index (χ0v) is 13.1. The van der Waals surface area contributed by atoms with Crippen molar-refractivity contribution >= 4 is 22.0 Å². The van der Waals surface area contributed by atoms with E-state index in [0.717, 1.165) is 16.6 Å². The summed E-state index contributed by atoms with van der Waals surface area (Å²) in [5, 5.41) is 0.393. The Hall–Kier alpha value is -3.28. The Morgan fingerprint density at radius 2 is 1.96 bits per heavy atom. The average molecular weight is 322 g/mol. The van der Waals surface area contributed by atoms with E-state index in [1.807, 2.05) is 18.2 Å². The quantitative estimate of drug-likeness (QED) is 0.626. The van der Waals surface area contributed by atoms with Crippen LogP contribution in [-0.2, 0) is 0 Å². The highest BCUT2D eigenvalue weighted by atomic mass is 16.5. The maximum Gasteiger partial charge on any atom is 0.197 e. The Morgan fingerprint density at radius 3 is 2.75 bits per heavy atom. The number of rotatable bonds is 3. The number of fused-ring (bicyclic) bond motifs is 2. The summed E-state index contributed by atoms with van der Waals surface area (Å²) in [6.45, 7) is 0. The molecule has 120 valence electrons. The van der Waals surface area contributed by atoms with Crippen molar-refractivity contribution in [2.45, 2.75) is 0 Å². The van der Waals surface area contributed by atoms with E-state index in [4.69, 9.17) is 13.9 Å². The maximum atomic E-state index is 12.6. The van der Waals surface area contributed by atoms with E-state index in [-0.39, 0.29) is 5.43 Å². The number of imidazole rings is 1. The highest BCUT2D eigenvalue weighted by molar-refractivity contribution is 5.87. The van der Waals surface area contributed by atoms with Gasteiger partial charge in [0.05, 0.1) is 31.6 Å². The third-order valence-corrected chi connectivity index (χ3v) is 3.93. The molecule has 6 nitrogen and oxygen atoms in total. The summed E-state index contributed by atoms with van der Waals surface area (Å²) in [4.78, 5) is 19.8.